The molecule has 9 heteroatoms. The molecule has 2 rings (SSSR count). The fraction of sp³-hybridized carbons (Fsp3) is 0.250. The first-order valence-electron chi connectivity index (χ1n) is 5.96. The molecule has 0 atom stereocenters. The van der Waals surface area contributed by atoms with Gasteiger partial charge in [0, 0.05) is 5.71 Å². The molecule has 0 unspecified atom stereocenters. The third-order valence-corrected chi connectivity index (χ3v) is 3.71. The van der Waals surface area contributed by atoms with Gasteiger partial charge in [0.05, 0.1) is 23.4 Å². The van der Waals surface area contributed by atoms with Gasteiger partial charge in [-0.3, -0.25) is 14.1 Å². The molecular formula is C12H12N2O6S. The summed E-state index contributed by atoms with van der Waals surface area (Å²) in [5, 5.41) is 13.7. The molecule has 1 heterocycles. The maximum atomic E-state index is 11.8. The Morgan fingerprint density at radius 3 is 2.43 bits per heavy atom. The van der Waals surface area contributed by atoms with Crippen LogP contribution in [0.5, 0.6) is 0 Å². The van der Waals surface area contributed by atoms with Crippen LogP contribution in [0.4, 0.5) is 5.69 Å². The van der Waals surface area contributed by atoms with Gasteiger partial charge in [-0.2, -0.15) is 13.5 Å². The Morgan fingerprint density at radius 2 is 1.90 bits per heavy atom. The van der Waals surface area contributed by atoms with Crippen LogP contribution in [0.1, 0.15) is 19.3 Å². The number of benzene rings is 1. The maximum absolute atomic E-state index is 11.8. The monoisotopic (exact) mass is 312 g/mol. The van der Waals surface area contributed by atoms with Crippen LogP contribution >= 0.6 is 0 Å². The number of hydrogen-bond donors (Lipinski definition) is 2. The third-order valence-electron chi connectivity index (χ3n) is 2.84. The summed E-state index contributed by atoms with van der Waals surface area (Å²) in [6.45, 7) is 0. The molecule has 1 aromatic carbocycles. The van der Waals surface area contributed by atoms with Crippen molar-refractivity contribution in [1.82, 2.24) is 0 Å². The van der Waals surface area contributed by atoms with E-state index >= 15 is 0 Å². The van der Waals surface area contributed by atoms with Crippen molar-refractivity contribution in [3.8, 4) is 0 Å². The van der Waals surface area contributed by atoms with Gasteiger partial charge < -0.3 is 5.11 Å². The van der Waals surface area contributed by atoms with Crippen molar-refractivity contribution in [3.63, 3.8) is 0 Å². The second kappa shape index (κ2) is 5.62. The summed E-state index contributed by atoms with van der Waals surface area (Å²) in [4.78, 5) is 22.0. The van der Waals surface area contributed by atoms with Gasteiger partial charge in [-0.05, 0) is 30.7 Å². The number of carboxylic acids is 1. The molecule has 0 aliphatic carbocycles. The third kappa shape index (κ3) is 3.64. The molecule has 1 aliphatic heterocycles. The van der Waals surface area contributed by atoms with Gasteiger partial charge in [-0.1, -0.05) is 0 Å². The Bertz CT molecular complexity index is 708. The van der Waals surface area contributed by atoms with Crippen LogP contribution in [0.2, 0.25) is 0 Å². The molecule has 0 fully saturated rings. The second-order valence-corrected chi connectivity index (χ2v) is 5.83. The number of carbonyl (C=O) groups excluding carboxylic acids is 1. The molecule has 0 spiro atoms. The lowest BCUT2D eigenvalue weighted by molar-refractivity contribution is -0.136. The van der Waals surface area contributed by atoms with E-state index in [4.69, 9.17) is 9.66 Å². The highest BCUT2D eigenvalue weighted by molar-refractivity contribution is 7.85. The number of nitrogens with zero attached hydrogens (tertiary/aromatic N) is 2. The SMILES string of the molecule is O=C(O)CCC1=NN(c2ccc(S(=O)(=O)O)cc2)C(=O)C1. The van der Waals surface area contributed by atoms with E-state index in [1.165, 1.54) is 12.1 Å². The number of carboxylic acid groups (broad SMARTS) is 1. The van der Waals surface area contributed by atoms with Gasteiger partial charge in [-0.15, -0.1) is 0 Å². The number of hydrazone groups is 1. The molecule has 2 N–H and O–H groups in total. The van der Waals surface area contributed by atoms with E-state index in [-0.39, 0.29) is 30.1 Å². The summed E-state index contributed by atoms with van der Waals surface area (Å²) >= 11 is 0. The maximum Gasteiger partial charge on any atom is 0.303 e. The van der Waals surface area contributed by atoms with Crippen LogP contribution in [-0.4, -0.2) is 35.7 Å². The van der Waals surface area contributed by atoms with Gasteiger partial charge in [0.2, 0.25) is 0 Å². The number of anilines is 1. The molecule has 112 valence electrons. The zero-order chi connectivity index (χ0) is 15.6. The van der Waals surface area contributed by atoms with E-state index in [9.17, 15) is 18.0 Å². The summed E-state index contributed by atoms with van der Waals surface area (Å²) in [6.07, 6.45) is 0.107. The molecule has 0 saturated heterocycles. The smallest absolute Gasteiger partial charge is 0.303 e. The fourth-order valence-electron chi connectivity index (χ4n) is 1.83. The van der Waals surface area contributed by atoms with Crippen molar-refractivity contribution in [1.29, 1.82) is 0 Å². The highest BCUT2D eigenvalue weighted by Crippen LogP contribution is 2.23. The van der Waals surface area contributed by atoms with Gasteiger partial charge in [-0.25, -0.2) is 5.01 Å². The first-order chi connectivity index (χ1) is 9.77. The van der Waals surface area contributed by atoms with Gasteiger partial charge >= 0.3 is 5.97 Å². The van der Waals surface area contributed by atoms with Crippen molar-refractivity contribution in [3.05, 3.63) is 24.3 Å². The van der Waals surface area contributed by atoms with Gasteiger partial charge in [0.15, 0.2) is 0 Å². The van der Waals surface area contributed by atoms with E-state index in [0.717, 1.165) is 17.1 Å². The Kier molecular flexibility index (Phi) is 4.05. The van der Waals surface area contributed by atoms with Crippen LogP contribution in [-0.2, 0) is 19.7 Å². The number of amides is 1. The molecule has 0 aromatic heterocycles. The first-order valence-corrected chi connectivity index (χ1v) is 7.40. The van der Waals surface area contributed by atoms with Crippen molar-refractivity contribution < 1.29 is 27.7 Å². The molecule has 0 bridgehead atoms. The Balaban J connectivity index is 2.18. The average molecular weight is 312 g/mol. The average Bonchev–Trinajstić information content (AvgIpc) is 2.77. The minimum absolute atomic E-state index is 0.0350. The molecule has 1 aromatic rings. The molecule has 1 aliphatic rings. The molecule has 1 amide bonds. The lowest BCUT2D eigenvalue weighted by Crippen LogP contribution is -2.19. The summed E-state index contributed by atoms with van der Waals surface area (Å²) in [5.74, 6) is -1.30. The van der Waals surface area contributed by atoms with E-state index < -0.39 is 16.1 Å². The lowest BCUT2D eigenvalue weighted by Gasteiger charge is -2.11. The highest BCUT2D eigenvalue weighted by atomic mass is 32.2. The van der Waals surface area contributed by atoms with Crippen molar-refractivity contribution in [2.24, 2.45) is 5.10 Å². The topological polar surface area (TPSA) is 124 Å². The summed E-state index contributed by atoms with van der Waals surface area (Å²) in [5.41, 5.74) is 0.805. The molecule has 0 saturated carbocycles. The Labute approximate surface area is 120 Å². The minimum Gasteiger partial charge on any atom is -0.481 e. The first kappa shape index (κ1) is 15.1. The van der Waals surface area contributed by atoms with E-state index in [1.807, 2.05) is 0 Å². The standard InChI is InChI=1S/C12H12N2O6S/c15-11-7-8(1-6-12(16)17)13-14(11)9-2-4-10(5-3-9)21(18,19)20/h2-5H,1,6-7H2,(H,16,17)(H,18,19,20). The zero-order valence-electron chi connectivity index (χ0n) is 10.8. The lowest BCUT2D eigenvalue weighted by atomic mass is 10.1. The van der Waals surface area contributed by atoms with Gasteiger partial charge in [0.25, 0.3) is 16.0 Å². The van der Waals surface area contributed by atoms with Crippen LogP contribution in [0.15, 0.2) is 34.3 Å². The quantitative estimate of drug-likeness (QED) is 0.778. The van der Waals surface area contributed by atoms with Crippen LogP contribution in [0, 0.1) is 0 Å². The van der Waals surface area contributed by atoms with Crippen molar-refractivity contribution in [2.75, 3.05) is 5.01 Å². The minimum atomic E-state index is -4.29. The van der Waals surface area contributed by atoms with Crippen LogP contribution < -0.4 is 5.01 Å². The number of hydrogen-bond acceptors (Lipinski definition) is 5. The molecular weight excluding hydrogens is 300 g/mol. The molecule has 0 radical (unpaired) electrons. The summed E-state index contributed by atoms with van der Waals surface area (Å²) in [6, 6.07) is 4.99. The van der Waals surface area contributed by atoms with Crippen LogP contribution in [0.25, 0.3) is 0 Å². The number of aliphatic carboxylic acids is 1. The van der Waals surface area contributed by atoms with E-state index in [2.05, 4.69) is 5.10 Å². The van der Waals surface area contributed by atoms with Crippen molar-refractivity contribution in [2.45, 2.75) is 24.2 Å². The molecule has 21 heavy (non-hydrogen) atoms. The normalized spacial score (nSPS) is 15.2. The van der Waals surface area contributed by atoms with E-state index in [0.29, 0.717) is 11.4 Å². The van der Waals surface area contributed by atoms with Crippen LogP contribution in [0.3, 0.4) is 0 Å². The summed E-state index contributed by atoms with van der Waals surface area (Å²) in [7, 11) is -4.29. The predicted octanol–water partition coefficient (Wildman–Crippen LogP) is 0.891. The van der Waals surface area contributed by atoms with Gasteiger partial charge in [0.1, 0.15) is 0 Å². The highest BCUT2D eigenvalue weighted by Gasteiger charge is 2.25. The second-order valence-electron chi connectivity index (χ2n) is 4.41. The Hall–Kier alpha value is -2.26. The summed E-state index contributed by atoms with van der Waals surface area (Å²) < 4.78 is 30.7. The predicted molar refractivity (Wildman–Crippen MR) is 72.7 cm³/mol. The number of rotatable bonds is 5. The fourth-order valence-corrected chi connectivity index (χ4v) is 2.31. The van der Waals surface area contributed by atoms with Crippen molar-refractivity contribution >= 4 is 33.4 Å². The Morgan fingerprint density at radius 1 is 1.29 bits per heavy atom. The number of carbonyl (C=O) groups is 2. The largest absolute Gasteiger partial charge is 0.481 e. The van der Waals surface area contributed by atoms with E-state index in [1.54, 1.807) is 0 Å². The zero-order valence-corrected chi connectivity index (χ0v) is 11.6. The molecule has 8 nitrogen and oxygen atoms in total.